The summed E-state index contributed by atoms with van der Waals surface area (Å²) in [5.41, 5.74) is 0.524. The Labute approximate surface area is 105 Å². The number of phenolic OH excluding ortho intramolecular Hbond substituents is 1. The fourth-order valence-corrected chi connectivity index (χ4v) is 1.88. The maximum absolute atomic E-state index is 9.76. The molecule has 0 fully saturated rings. The van der Waals surface area contributed by atoms with Crippen LogP contribution in [0.4, 0.5) is 5.82 Å². The fraction of sp³-hybridized carbons (Fsp3) is 0.308. The molecule has 96 valence electrons. The molecule has 0 amide bonds. The van der Waals surface area contributed by atoms with E-state index in [-0.39, 0.29) is 19.0 Å². The van der Waals surface area contributed by atoms with Gasteiger partial charge in [0.15, 0.2) is 0 Å². The molecule has 3 N–H and O–H groups in total. The van der Waals surface area contributed by atoms with Crippen LogP contribution in [0.5, 0.6) is 5.75 Å². The van der Waals surface area contributed by atoms with E-state index in [1.54, 1.807) is 17.0 Å². The highest BCUT2D eigenvalue weighted by atomic mass is 16.3. The van der Waals surface area contributed by atoms with Gasteiger partial charge in [0.2, 0.25) is 0 Å². The zero-order valence-corrected chi connectivity index (χ0v) is 9.95. The van der Waals surface area contributed by atoms with Gasteiger partial charge in [-0.1, -0.05) is 12.1 Å². The Balaban J connectivity index is 2.41. The number of aromatic hydroxyl groups is 1. The minimum atomic E-state index is -0.0134. The van der Waals surface area contributed by atoms with Crippen molar-refractivity contribution in [2.24, 2.45) is 0 Å². The molecule has 0 aliphatic heterocycles. The van der Waals surface area contributed by atoms with Crippen LogP contribution in [0.2, 0.25) is 0 Å². The molecule has 2 rings (SSSR count). The van der Waals surface area contributed by atoms with E-state index in [4.69, 9.17) is 10.2 Å². The van der Waals surface area contributed by atoms with Crippen molar-refractivity contribution in [2.75, 3.05) is 31.2 Å². The van der Waals surface area contributed by atoms with Gasteiger partial charge in [-0.3, -0.25) is 0 Å². The standard InChI is InChI=1S/C13H16N2O3/c16-8-6-15(7-9-17)12-5-4-10-2-1-3-11(18)13(10)14-12/h1-5,16-18H,6-9H2. The summed E-state index contributed by atoms with van der Waals surface area (Å²) < 4.78 is 0. The number of anilines is 1. The van der Waals surface area contributed by atoms with Gasteiger partial charge in [-0.2, -0.15) is 0 Å². The van der Waals surface area contributed by atoms with E-state index in [0.717, 1.165) is 5.39 Å². The first kappa shape index (κ1) is 12.6. The lowest BCUT2D eigenvalue weighted by atomic mass is 10.2. The van der Waals surface area contributed by atoms with Crippen molar-refractivity contribution < 1.29 is 15.3 Å². The number of aliphatic hydroxyl groups excluding tert-OH is 2. The predicted octanol–water partition coefficient (Wildman–Crippen LogP) is 0.731. The molecule has 0 atom stereocenters. The highest BCUT2D eigenvalue weighted by molar-refractivity contribution is 5.85. The number of rotatable bonds is 5. The zero-order chi connectivity index (χ0) is 13.0. The lowest BCUT2D eigenvalue weighted by Gasteiger charge is -2.22. The molecule has 0 bridgehead atoms. The highest BCUT2D eigenvalue weighted by Crippen LogP contribution is 2.25. The second-order valence-electron chi connectivity index (χ2n) is 3.95. The van der Waals surface area contributed by atoms with Gasteiger partial charge in [-0.25, -0.2) is 4.98 Å². The van der Waals surface area contributed by atoms with Crippen LogP contribution in [0.3, 0.4) is 0 Å². The quantitative estimate of drug-likeness (QED) is 0.727. The summed E-state index contributed by atoms with van der Waals surface area (Å²) in [5, 5.41) is 28.6. The summed E-state index contributed by atoms with van der Waals surface area (Å²) in [6, 6.07) is 8.89. The van der Waals surface area contributed by atoms with Crippen molar-refractivity contribution >= 4 is 16.7 Å². The molecule has 0 spiro atoms. The van der Waals surface area contributed by atoms with Gasteiger partial charge in [0.05, 0.1) is 13.2 Å². The van der Waals surface area contributed by atoms with Crippen LogP contribution in [0, 0.1) is 0 Å². The largest absolute Gasteiger partial charge is 0.506 e. The second kappa shape index (κ2) is 5.66. The molecule has 0 radical (unpaired) electrons. The highest BCUT2D eigenvalue weighted by Gasteiger charge is 2.09. The monoisotopic (exact) mass is 248 g/mol. The van der Waals surface area contributed by atoms with Crippen LogP contribution < -0.4 is 4.90 Å². The Hall–Kier alpha value is -1.85. The summed E-state index contributed by atoms with van der Waals surface area (Å²) in [7, 11) is 0. The predicted molar refractivity (Wildman–Crippen MR) is 69.8 cm³/mol. The molecule has 18 heavy (non-hydrogen) atoms. The Morgan fingerprint density at radius 3 is 2.39 bits per heavy atom. The Bertz CT molecular complexity index is 525. The van der Waals surface area contributed by atoms with Crippen LogP contribution >= 0.6 is 0 Å². The van der Waals surface area contributed by atoms with Crippen molar-refractivity contribution in [3.05, 3.63) is 30.3 Å². The topological polar surface area (TPSA) is 76.8 Å². The molecule has 1 heterocycles. The maximum Gasteiger partial charge on any atom is 0.141 e. The summed E-state index contributed by atoms with van der Waals surface area (Å²) in [6.07, 6.45) is 0. The van der Waals surface area contributed by atoms with Crippen LogP contribution in [-0.4, -0.2) is 46.6 Å². The number of benzene rings is 1. The normalized spacial score (nSPS) is 10.8. The van der Waals surface area contributed by atoms with Gasteiger partial charge in [0, 0.05) is 18.5 Å². The van der Waals surface area contributed by atoms with Gasteiger partial charge in [0.25, 0.3) is 0 Å². The van der Waals surface area contributed by atoms with Gasteiger partial charge < -0.3 is 20.2 Å². The lowest BCUT2D eigenvalue weighted by molar-refractivity contribution is 0.280. The minimum Gasteiger partial charge on any atom is -0.506 e. The lowest BCUT2D eigenvalue weighted by Crippen LogP contribution is -2.30. The molecule has 2 aromatic rings. The first-order valence-corrected chi connectivity index (χ1v) is 5.81. The molecule has 0 saturated carbocycles. The molecule has 1 aromatic carbocycles. The Morgan fingerprint density at radius 1 is 1.00 bits per heavy atom. The molecular weight excluding hydrogens is 232 g/mol. The third-order valence-corrected chi connectivity index (χ3v) is 2.75. The van der Waals surface area contributed by atoms with E-state index >= 15 is 0 Å². The second-order valence-corrected chi connectivity index (χ2v) is 3.95. The zero-order valence-electron chi connectivity index (χ0n) is 9.95. The summed E-state index contributed by atoms with van der Waals surface area (Å²) >= 11 is 0. The molecule has 0 unspecified atom stereocenters. The first-order valence-electron chi connectivity index (χ1n) is 5.81. The fourth-order valence-electron chi connectivity index (χ4n) is 1.88. The van der Waals surface area contributed by atoms with Crippen molar-refractivity contribution in [2.45, 2.75) is 0 Å². The van der Waals surface area contributed by atoms with Crippen LogP contribution in [0.1, 0.15) is 0 Å². The number of pyridine rings is 1. The van der Waals surface area contributed by atoms with Gasteiger partial charge in [0.1, 0.15) is 17.1 Å². The van der Waals surface area contributed by atoms with Crippen molar-refractivity contribution in [3.8, 4) is 5.75 Å². The van der Waals surface area contributed by atoms with E-state index in [0.29, 0.717) is 24.4 Å². The average Bonchev–Trinajstić information content (AvgIpc) is 2.39. The molecule has 0 aliphatic rings. The Morgan fingerprint density at radius 2 is 1.72 bits per heavy atom. The number of hydrogen-bond donors (Lipinski definition) is 3. The van der Waals surface area contributed by atoms with E-state index < -0.39 is 0 Å². The van der Waals surface area contributed by atoms with Crippen molar-refractivity contribution in [3.63, 3.8) is 0 Å². The third kappa shape index (κ3) is 2.52. The number of aliphatic hydroxyl groups is 2. The number of para-hydroxylation sites is 1. The SMILES string of the molecule is OCCN(CCO)c1ccc2cccc(O)c2n1. The van der Waals surface area contributed by atoms with Gasteiger partial charge in [-0.05, 0) is 18.2 Å². The van der Waals surface area contributed by atoms with Crippen molar-refractivity contribution in [1.82, 2.24) is 4.98 Å². The molecule has 0 saturated heterocycles. The number of aromatic nitrogens is 1. The molecule has 5 heteroatoms. The van der Waals surface area contributed by atoms with E-state index in [1.807, 2.05) is 18.2 Å². The van der Waals surface area contributed by atoms with E-state index in [1.165, 1.54) is 0 Å². The molecule has 1 aromatic heterocycles. The third-order valence-electron chi connectivity index (χ3n) is 2.75. The van der Waals surface area contributed by atoms with E-state index in [2.05, 4.69) is 4.98 Å². The Kier molecular flexibility index (Phi) is 3.96. The maximum atomic E-state index is 9.76. The van der Waals surface area contributed by atoms with Crippen LogP contribution in [0.25, 0.3) is 10.9 Å². The summed E-state index contributed by atoms with van der Waals surface area (Å²) in [5.74, 6) is 0.759. The minimum absolute atomic E-state index is 0.0134. The molecular formula is C13H16N2O3. The van der Waals surface area contributed by atoms with E-state index in [9.17, 15) is 5.11 Å². The molecule has 5 nitrogen and oxygen atoms in total. The summed E-state index contributed by atoms with van der Waals surface area (Å²) in [6.45, 7) is 0.764. The van der Waals surface area contributed by atoms with Gasteiger partial charge >= 0.3 is 0 Å². The van der Waals surface area contributed by atoms with Gasteiger partial charge in [-0.15, -0.1) is 0 Å². The number of fused-ring (bicyclic) bond motifs is 1. The first-order chi connectivity index (χ1) is 8.76. The smallest absolute Gasteiger partial charge is 0.141 e. The number of hydrogen-bond acceptors (Lipinski definition) is 5. The van der Waals surface area contributed by atoms with Crippen LogP contribution in [0.15, 0.2) is 30.3 Å². The summed E-state index contributed by atoms with van der Waals surface area (Å²) in [4.78, 5) is 6.14. The number of phenols is 1. The number of nitrogens with zero attached hydrogens (tertiary/aromatic N) is 2. The van der Waals surface area contributed by atoms with Crippen molar-refractivity contribution in [1.29, 1.82) is 0 Å². The molecule has 0 aliphatic carbocycles. The average molecular weight is 248 g/mol. The van der Waals surface area contributed by atoms with Crippen LogP contribution in [-0.2, 0) is 0 Å².